The molecule has 0 spiro atoms. The summed E-state index contributed by atoms with van der Waals surface area (Å²) in [4.78, 5) is 0. The molecule has 0 aliphatic heterocycles. The molecule has 96 valence electrons. The van der Waals surface area contributed by atoms with E-state index in [4.69, 9.17) is 52.6 Å². The number of rotatable bonds is 0. The molecule has 0 aromatic rings. The van der Waals surface area contributed by atoms with Crippen molar-refractivity contribution >= 4 is 87.6 Å². The molecule has 0 saturated heterocycles. The third-order valence-electron chi connectivity index (χ3n) is 0. The summed E-state index contributed by atoms with van der Waals surface area (Å²) < 4.78 is 102. The van der Waals surface area contributed by atoms with Crippen LogP contribution < -0.4 is 0 Å². The first-order chi connectivity index (χ1) is 6.00. The normalized spacial score (nSPS) is 10.2. The summed E-state index contributed by atoms with van der Waals surface area (Å²) >= 11 is 0. The molecule has 0 radical (unpaired) electrons. The van der Waals surface area contributed by atoms with Crippen molar-refractivity contribution in [3.05, 3.63) is 0 Å². The Morgan fingerprint density at radius 3 is 0.471 bits per heavy atom. The Bertz CT molecular complexity index is 343. The maximum Gasteiger partial charge on any atom is 4.00 e. The molecule has 0 amide bonds. The molecule has 17 heteroatoms. The van der Waals surface area contributed by atoms with Gasteiger partial charge in [-0.05, 0) is 0 Å². The van der Waals surface area contributed by atoms with E-state index in [1.54, 1.807) is 0 Å². The van der Waals surface area contributed by atoms with Gasteiger partial charge in [-0.1, -0.05) is 0 Å². The Labute approximate surface area is 138 Å². The van der Waals surface area contributed by atoms with Gasteiger partial charge in [-0.3, -0.25) is 25.3 Å². The first-order valence-corrected chi connectivity index (χ1v) is 6.00. The molecule has 0 heterocycles. The van der Waals surface area contributed by atoms with E-state index in [2.05, 4.69) is 0 Å². The Kier molecular flexibility index (Phi) is 22.5. The summed E-state index contributed by atoms with van der Waals surface area (Å²) in [5.74, 6) is 0. The van der Waals surface area contributed by atoms with Gasteiger partial charge in [-0.15, -0.1) is 0 Å². The molecule has 0 bridgehead atoms. The predicted octanol–water partition coefficient (Wildman–Crippen LogP) is -4.78. The average molecular weight is 404 g/mol. The Hall–Kier alpha value is 1.31. The van der Waals surface area contributed by atoms with Gasteiger partial charge in [-0.25, -0.2) is 0 Å². The van der Waals surface area contributed by atoms with Crippen LogP contribution in [0.25, 0.3) is 0 Å². The van der Waals surface area contributed by atoms with E-state index in [0.717, 1.165) is 0 Å². The second-order valence-corrected chi connectivity index (χ2v) is 3.67. The van der Waals surface area contributed by atoms with E-state index in [0.29, 0.717) is 0 Å². The van der Waals surface area contributed by atoms with E-state index in [1.165, 1.54) is 0 Å². The van der Waals surface area contributed by atoms with Gasteiger partial charge < -0.3 is 27.3 Å². The molecule has 0 aromatic heterocycles. The van der Waals surface area contributed by atoms with Gasteiger partial charge in [-0.2, -0.15) is 0 Å². The first-order valence-electron chi connectivity index (χ1n) is 2.00. The third-order valence-corrected chi connectivity index (χ3v) is 0. The fourth-order valence-corrected chi connectivity index (χ4v) is 0. The molecule has 0 aliphatic carbocycles. The minimum atomic E-state index is -5.17. The second kappa shape index (κ2) is 12.3. The fraction of sp³-hybridized carbons (Fsp3) is 0. The smallest absolute Gasteiger partial charge is 0.759 e. The Morgan fingerprint density at radius 2 is 0.471 bits per heavy atom. The van der Waals surface area contributed by atoms with Crippen molar-refractivity contribution in [1.82, 2.24) is 0 Å². The van der Waals surface area contributed by atoms with Crippen LogP contribution in [-0.2, 0) is 31.2 Å². The van der Waals surface area contributed by atoms with E-state index < -0.39 is 31.2 Å². The summed E-state index contributed by atoms with van der Waals surface area (Å²) in [6, 6.07) is 0. The minimum Gasteiger partial charge on any atom is -0.759 e. The molecule has 17 heavy (non-hydrogen) atoms. The molecule has 0 saturated carbocycles. The minimum absolute atomic E-state index is 0. The van der Waals surface area contributed by atoms with Gasteiger partial charge in [0.15, 0.2) is 0 Å². The van der Waals surface area contributed by atoms with Crippen molar-refractivity contribution < 1.29 is 52.6 Å². The molecule has 0 atom stereocenters. The SMILES string of the molecule is O=S(=O)([O-])[O-].O=S(=O)([O-])[O-].O=S(=O)([O-])[O-].[Si+4].[Sr+2]. The monoisotopic (exact) mass is 404 g/mol. The quantitative estimate of drug-likeness (QED) is 0.210. The second-order valence-electron chi connectivity index (χ2n) is 1.22. The molecule has 0 N–H and O–H groups in total. The molecule has 0 unspecified atom stereocenters. The van der Waals surface area contributed by atoms with Crippen LogP contribution in [0.5, 0.6) is 0 Å². The predicted molar refractivity (Wildman–Crippen MR) is 42.9 cm³/mol. The zero-order valence-electron chi connectivity index (χ0n) is 7.33. The summed E-state index contributed by atoms with van der Waals surface area (Å²) in [6.45, 7) is 0. The van der Waals surface area contributed by atoms with Crippen LogP contribution >= 0.6 is 0 Å². The van der Waals surface area contributed by atoms with Gasteiger partial charge in [0, 0.05) is 31.2 Å². The van der Waals surface area contributed by atoms with E-state index in [1.807, 2.05) is 0 Å². The van der Waals surface area contributed by atoms with Gasteiger partial charge in [0.1, 0.15) is 0 Å². The van der Waals surface area contributed by atoms with Gasteiger partial charge in [0.05, 0.1) is 0 Å². The van der Waals surface area contributed by atoms with Crippen LogP contribution in [0.3, 0.4) is 0 Å². The van der Waals surface area contributed by atoms with Gasteiger partial charge in [0.2, 0.25) is 0 Å². The van der Waals surface area contributed by atoms with Crippen molar-refractivity contribution in [1.29, 1.82) is 0 Å². The van der Waals surface area contributed by atoms with Crippen molar-refractivity contribution in [2.75, 3.05) is 0 Å². The maximum atomic E-state index is 8.52. The van der Waals surface area contributed by atoms with Crippen molar-refractivity contribution in [2.24, 2.45) is 0 Å². The van der Waals surface area contributed by atoms with Crippen LogP contribution in [0, 0.1) is 0 Å². The zero-order chi connectivity index (χ0) is 13.5. The topological polar surface area (TPSA) is 241 Å². The standard InChI is InChI=1S/3H2O4S.Si.Sr/c3*1-5(2,3)4;;/h3*(H2,1,2,3,4);;/q;;;+4;+2/p-6. The maximum absolute atomic E-state index is 8.52. The van der Waals surface area contributed by atoms with Crippen LogP contribution in [-0.4, -0.2) is 109 Å². The van der Waals surface area contributed by atoms with E-state index in [9.17, 15) is 0 Å². The fourth-order valence-electron chi connectivity index (χ4n) is 0. The summed E-state index contributed by atoms with van der Waals surface area (Å²) in [5, 5.41) is 0. The average Bonchev–Trinajstić information content (AvgIpc) is 1.41. The van der Waals surface area contributed by atoms with Crippen LogP contribution in [0.1, 0.15) is 0 Å². The van der Waals surface area contributed by atoms with E-state index >= 15 is 0 Å². The Morgan fingerprint density at radius 1 is 0.471 bits per heavy atom. The number of hydrogen-bond acceptors (Lipinski definition) is 12. The molecular weight excluding hydrogens is 404 g/mol. The Balaban J connectivity index is -0.0000000400. The van der Waals surface area contributed by atoms with Crippen LogP contribution in [0.15, 0.2) is 0 Å². The number of hydrogen-bond donors (Lipinski definition) is 0. The van der Waals surface area contributed by atoms with Crippen molar-refractivity contribution in [2.45, 2.75) is 0 Å². The summed E-state index contributed by atoms with van der Waals surface area (Å²) in [6.07, 6.45) is 0. The molecule has 12 nitrogen and oxygen atoms in total. The zero-order valence-corrected chi connectivity index (χ0v) is 14.3. The summed E-state index contributed by atoms with van der Waals surface area (Å²) in [7, 11) is -15.5. The van der Waals surface area contributed by atoms with Gasteiger partial charge >= 0.3 is 56.4 Å². The molecule has 0 fully saturated rings. The summed E-state index contributed by atoms with van der Waals surface area (Å²) in [5.41, 5.74) is 0. The molecule has 0 rings (SSSR count). The molecule has 0 aliphatic rings. The molecular formula is O12S3SiSr. The van der Waals surface area contributed by atoms with Crippen molar-refractivity contribution in [3.63, 3.8) is 0 Å². The van der Waals surface area contributed by atoms with E-state index in [-0.39, 0.29) is 56.4 Å². The largest absolute Gasteiger partial charge is 4.00 e. The molecule has 0 aromatic carbocycles. The van der Waals surface area contributed by atoms with Crippen LogP contribution in [0.2, 0.25) is 0 Å². The van der Waals surface area contributed by atoms with Gasteiger partial charge in [0.25, 0.3) is 0 Å². The third kappa shape index (κ3) is 2370. The van der Waals surface area contributed by atoms with Crippen molar-refractivity contribution in [3.8, 4) is 0 Å². The van der Waals surface area contributed by atoms with Crippen LogP contribution in [0.4, 0.5) is 0 Å². The first kappa shape index (κ1) is 31.0.